The van der Waals surface area contributed by atoms with E-state index >= 15 is 0 Å². The van der Waals surface area contributed by atoms with E-state index in [2.05, 4.69) is 15.6 Å². The van der Waals surface area contributed by atoms with E-state index in [1.807, 2.05) is 6.07 Å². The predicted octanol–water partition coefficient (Wildman–Crippen LogP) is 2.06. The Labute approximate surface area is 151 Å². The summed E-state index contributed by atoms with van der Waals surface area (Å²) >= 11 is 6.06. The molecule has 3 heterocycles. The SMILES string of the molecule is Cc1ccn(C2CCNCC2)c(=O)c1C(=O)NCc1ncccc1Cl. The lowest BCUT2D eigenvalue weighted by molar-refractivity contribution is 0.0947. The lowest BCUT2D eigenvalue weighted by Crippen LogP contribution is -2.38. The maximum absolute atomic E-state index is 12.8. The molecule has 6 nitrogen and oxygen atoms in total. The molecule has 2 N–H and O–H groups in total. The second-order valence-electron chi connectivity index (χ2n) is 6.18. The van der Waals surface area contributed by atoms with Gasteiger partial charge in [0.05, 0.1) is 17.3 Å². The van der Waals surface area contributed by atoms with Gasteiger partial charge in [-0.15, -0.1) is 0 Å². The van der Waals surface area contributed by atoms with Crippen LogP contribution in [-0.4, -0.2) is 28.5 Å². The third kappa shape index (κ3) is 3.91. The first-order valence-corrected chi connectivity index (χ1v) is 8.76. The van der Waals surface area contributed by atoms with E-state index in [1.54, 1.807) is 36.0 Å². The summed E-state index contributed by atoms with van der Waals surface area (Å²) < 4.78 is 1.69. The van der Waals surface area contributed by atoms with Gasteiger partial charge in [0.25, 0.3) is 11.5 Å². The molecule has 1 aliphatic heterocycles. The van der Waals surface area contributed by atoms with Crippen LogP contribution in [0.15, 0.2) is 35.4 Å². The van der Waals surface area contributed by atoms with Crippen LogP contribution in [0.25, 0.3) is 0 Å². The highest BCUT2D eigenvalue weighted by molar-refractivity contribution is 6.31. The zero-order valence-electron chi connectivity index (χ0n) is 14.1. The highest BCUT2D eigenvalue weighted by Gasteiger charge is 2.21. The van der Waals surface area contributed by atoms with Crippen molar-refractivity contribution < 1.29 is 4.79 Å². The molecule has 0 spiro atoms. The van der Waals surface area contributed by atoms with E-state index < -0.39 is 5.91 Å². The standard InChI is InChI=1S/C18H21ClN4O2/c1-12-6-10-23(13-4-8-20-9-5-13)18(25)16(12)17(24)22-11-15-14(19)3-2-7-21-15/h2-3,6-7,10,13,20H,4-5,8-9,11H2,1H3,(H,22,24). The zero-order valence-corrected chi connectivity index (χ0v) is 14.8. The number of nitrogens with zero attached hydrogens (tertiary/aromatic N) is 2. The minimum atomic E-state index is -0.396. The van der Waals surface area contributed by atoms with Crippen LogP contribution in [0, 0.1) is 6.92 Å². The molecule has 1 amide bonds. The van der Waals surface area contributed by atoms with Crippen LogP contribution in [-0.2, 0) is 6.54 Å². The van der Waals surface area contributed by atoms with Gasteiger partial charge in [-0.25, -0.2) is 0 Å². The average molecular weight is 361 g/mol. The number of amides is 1. The molecule has 0 aliphatic carbocycles. The molecule has 0 unspecified atom stereocenters. The third-order valence-electron chi connectivity index (χ3n) is 4.51. The summed E-state index contributed by atoms with van der Waals surface area (Å²) in [6, 6.07) is 5.40. The first-order valence-electron chi connectivity index (χ1n) is 8.38. The minimum absolute atomic E-state index is 0.131. The van der Waals surface area contributed by atoms with Gasteiger partial charge in [-0.2, -0.15) is 0 Å². The van der Waals surface area contributed by atoms with Gasteiger partial charge in [0.2, 0.25) is 0 Å². The average Bonchev–Trinajstić information content (AvgIpc) is 2.62. The lowest BCUT2D eigenvalue weighted by atomic mass is 10.0. The van der Waals surface area contributed by atoms with Gasteiger partial charge in [0, 0.05) is 18.4 Å². The smallest absolute Gasteiger partial charge is 0.263 e. The van der Waals surface area contributed by atoms with Crippen LogP contribution in [0.2, 0.25) is 5.02 Å². The second-order valence-corrected chi connectivity index (χ2v) is 6.59. The Balaban J connectivity index is 1.82. The van der Waals surface area contributed by atoms with Gasteiger partial charge in [-0.05, 0) is 56.6 Å². The molecule has 25 heavy (non-hydrogen) atoms. The van der Waals surface area contributed by atoms with Gasteiger partial charge < -0.3 is 15.2 Å². The monoisotopic (exact) mass is 360 g/mol. The number of hydrogen-bond donors (Lipinski definition) is 2. The fourth-order valence-corrected chi connectivity index (χ4v) is 3.28. The molecule has 2 aromatic heterocycles. The summed E-state index contributed by atoms with van der Waals surface area (Å²) in [6.45, 7) is 3.71. The summed E-state index contributed by atoms with van der Waals surface area (Å²) in [6.07, 6.45) is 5.17. The fourth-order valence-electron chi connectivity index (χ4n) is 3.09. The first-order chi connectivity index (χ1) is 12.1. The van der Waals surface area contributed by atoms with Crippen molar-refractivity contribution in [2.45, 2.75) is 32.4 Å². The van der Waals surface area contributed by atoms with Crippen molar-refractivity contribution in [3.63, 3.8) is 0 Å². The Morgan fingerprint density at radius 3 is 2.88 bits per heavy atom. The number of aryl methyl sites for hydroxylation is 1. The van der Waals surface area contributed by atoms with Gasteiger partial charge in [0.15, 0.2) is 0 Å². The number of halogens is 1. The van der Waals surface area contributed by atoms with Crippen molar-refractivity contribution in [1.29, 1.82) is 0 Å². The molecular weight excluding hydrogens is 340 g/mol. The highest BCUT2D eigenvalue weighted by atomic mass is 35.5. The van der Waals surface area contributed by atoms with Crippen LogP contribution in [0.1, 0.15) is 40.5 Å². The van der Waals surface area contributed by atoms with E-state index in [0.29, 0.717) is 16.3 Å². The maximum Gasteiger partial charge on any atom is 0.263 e. The van der Waals surface area contributed by atoms with Gasteiger partial charge in [0.1, 0.15) is 5.56 Å². The summed E-state index contributed by atoms with van der Waals surface area (Å²) in [5.41, 5.74) is 1.19. The lowest BCUT2D eigenvalue weighted by Gasteiger charge is -2.25. The van der Waals surface area contributed by atoms with Crippen LogP contribution in [0.3, 0.4) is 0 Å². The normalized spacial score (nSPS) is 15.1. The van der Waals surface area contributed by atoms with E-state index in [9.17, 15) is 9.59 Å². The molecule has 0 bridgehead atoms. The molecule has 1 saturated heterocycles. The van der Waals surface area contributed by atoms with Crippen molar-refractivity contribution in [2.75, 3.05) is 13.1 Å². The van der Waals surface area contributed by atoms with Crippen molar-refractivity contribution in [3.05, 3.63) is 62.8 Å². The van der Waals surface area contributed by atoms with E-state index in [0.717, 1.165) is 25.9 Å². The summed E-state index contributed by atoms with van der Waals surface area (Å²) in [5.74, 6) is -0.396. The summed E-state index contributed by atoms with van der Waals surface area (Å²) in [4.78, 5) is 29.6. The maximum atomic E-state index is 12.8. The van der Waals surface area contributed by atoms with Crippen molar-refractivity contribution >= 4 is 17.5 Å². The molecular formula is C18H21ClN4O2. The minimum Gasteiger partial charge on any atom is -0.346 e. The first kappa shape index (κ1) is 17.6. The van der Waals surface area contributed by atoms with Crippen LogP contribution in [0.4, 0.5) is 0 Å². The molecule has 0 radical (unpaired) electrons. The summed E-state index contributed by atoms with van der Waals surface area (Å²) in [5, 5.41) is 6.52. The Morgan fingerprint density at radius 2 is 2.16 bits per heavy atom. The number of rotatable bonds is 4. The Hall–Kier alpha value is -2.18. The molecule has 132 valence electrons. The van der Waals surface area contributed by atoms with Crippen LogP contribution < -0.4 is 16.2 Å². The molecule has 2 aromatic rings. The Kier molecular flexibility index (Phi) is 5.50. The second kappa shape index (κ2) is 7.80. The molecule has 0 aromatic carbocycles. The molecule has 1 fully saturated rings. The van der Waals surface area contributed by atoms with Gasteiger partial charge in [-0.3, -0.25) is 14.6 Å². The number of pyridine rings is 2. The molecule has 0 atom stereocenters. The number of carbonyl (C=O) groups is 1. The topological polar surface area (TPSA) is 76.0 Å². The Morgan fingerprint density at radius 1 is 1.40 bits per heavy atom. The van der Waals surface area contributed by atoms with Gasteiger partial charge >= 0.3 is 0 Å². The van der Waals surface area contributed by atoms with Crippen LogP contribution >= 0.6 is 11.6 Å². The highest BCUT2D eigenvalue weighted by Crippen LogP contribution is 2.17. The number of hydrogen-bond acceptors (Lipinski definition) is 4. The largest absolute Gasteiger partial charge is 0.346 e. The number of aromatic nitrogens is 2. The molecule has 1 aliphatic rings. The van der Waals surface area contributed by atoms with Gasteiger partial charge in [-0.1, -0.05) is 11.6 Å². The summed E-state index contributed by atoms with van der Waals surface area (Å²) in [7, 11) is 0. The van der Waals surface area contributed by atoms with E-state index in [-0.39, 0.29) is 23.7 Å². The van der Waals surface area contributed by atoms with Crippen molar-refractivity contribution in [2.24, 2.45) is 0 Å². The fraction of sp³-hybridized carbons (Fsp3) is 0.389. The molecule has 3 rings (SSSR count). The number of carbonyl (C=O) groups excluding carboxylic acids is 1. The predicted molar refractivity (Wildman–Crippen MR) is 97.0 cm³/mol. The molecule has 7 heteroatoms. The van der Waals surface area contributed by atoms with Crippen molar-refractivity contribution in [3.8, 4) is 0 Å². The molecule has 0 saturated carbocycles. The number of piperidine rings is 1. The zero-order chi connectivity index (χ0) is 17.8. The third-order valence-corrected chi connectivity index (χ3v) is 4.85. The van der Waals surface area contributed by atoms with E-state index in [1.165, 1.54) is 0 Å². The van der Waals surface area contributed by atoms with E-state index in [4.69, 9.17) is 11.6 Å². The quantitative estimate of drug-likeness (QED) is 0.875. The number of nitrogens with one attached hydrogen (secondary N) is 2. The Bertz CT molecular complexity index is 828. The van der Waals surface area contributed by atoms with Crippen LogP contribution in [0.5, 0.6) is 0 Å². The van der Waals surface area contributed by atoms with Crippen molar-refractivity contribution in [1.82, 2.24) is 20.2 Å².